The van der Waals surface area contributed by atoms with Crippen LogP contribution < -0.4 is 5.32 Å². The number of phenols is 1. The first-order valence-electron chi connectivity index (χ1n) is 4.04. The average molecular weight is 161 g/mol. The van der Waals surface area contributed by atoms with E-state index in [0.29, 0.717) is 5.75 Å². The second kappa shape index (κ2) is 2.99. The fraction of sp³-hybridized carbons (Fsp3) is 0.200. The lowest BCUT2D eigenvalue weighted by Gasteiger charge is -2.18. The Bertz CT molecular complexity index is 294. The van der Waals surface area contributed by atoms with Crippen molar-refractivity contribution in [1.82, 2.24) is 5.32 Å². The number of phenolic OH excluding ortho intramolecular Hbond substituents is 1. The van der Waals surface area contributed by atoms with Gasteiger partial charge in [0, 0.05) is 13.1 Å². The number of benzene rings is 1. The summed E-state index contributed by atoms with van der Waals surface area (Å²) in [6.07, 6.45) is 2.15. The molecule has 2 heteroatoms. The molecule has 0 saturated carbocycles. The molecule has 0 spiro atoms. The largest absolute Gasteiger partial charge is 0.508 e. The van der Waals surface area contributed by atoms with Gasteiger partial charge in [0.25, 0.3) is 0 Å². The topological polar surface area (TPSA) is 32.3 Å². The Morgan fingerprint density at radius 1 is 1.17 bits per heavy atom. The van der Waals surface area contributed by atoms with Gasteiger partial charge in [0.15, 0.2) is 0 Å². The van der Waals surface area contributed by atoms with Crippen LogP contribution in [-0.4, -0.2) is 18.2 Å². The molecule has 0 amide bonds. The average Bonchev–Trinajstić information content (AvgIpc) is 2.00. The van der Waals surface area contributed by atoms with Crippen molar-refractivity contribution in [3.63, 3.8) is 0 Å². The first kappa shape index (κ1) is 7.37. The van der Waals surface area contributed by atoms with Gasteiger partial charge in [-0.3, -0.25) is 0 Å². The molecule has 62 valence electrons. The summed E-state index contributed by atoms with van der Waals surface area (Å²) in [5.74, 6) is 0.323. The zero-order valence-electron chi connectivity index (χ0n) is 6.75. The lowest BCUT2D eigenvalue weighted by atomic mass is 10.1. The Balaban J connectivity index is 2.18. The highest BCUT2D eigenvalue weighted by atomic mass is 16.3. The van der Waals surface area contributed by atoms with Crippen LogP contribution in [0.3, 0.4) is 0 Å². The summed E-state index contributed by atoms with van der Waals surface area (Å²) in [6, 6.07) is 7.25. The molecule has 1 aliphatic rings. The lowest BCUT2D eigenvalue weighted by Crippen LogP contribution is -2.33. The summed E-state index contributed by atoms with van der Waals surface area (Å²) in [4.78, 5) is 0. The van der Waals surface area contributed by atoms with Crippen molar-refractivity contribution < 1.29 is 5.11 Å². The van der Waals surface area contributed by atoms with E-state index in [1.807, 2.05) is 12.1 Å². The predicted octanol–water partition coefficient (Wildman–Crippen LogP) is 1.38. The van der Waals surface area contributed by atoms with E-state index in [-0.39, 0.29) is 0 Å². The first-order chi connectivity index (χ1) is 5.84. The maximum absolute atomic E-state index is 9.03. The van der Waals surface area contributed by atoms with Crippen LogP contribution in [0.1, 0.15) is 5.56 Å². The van der Waals surface area contributed by atoms with Crippen LogP contribution in [0.15, 0.2) is 29.8 Å². The molecule has 1 aliphatic heterocycles. The third-order valence-corrected chi connectivity index (χ3v) is 1.97. The minimum Gasteiger partial charge on any atom is -0.508 e. The third-order valence-electron chi connectivity index (χ3n) is 1.97. The van der Waals surface area contributed by atoms with Gasteiger partial charge >= 0.3 is 0 Å². The third kappa shape index (κ3) is 1.48. The molecule has 12 heavy (non-hydrogen) atoms. The summed E-state index contributed by atoms with van der Waals surface area (Å²) in [5.41, 5.74) is 2.57. The van der Waals surface area contributed by atoms with E-state index in [1.165, 1.54) is 5.57 Å². The molecule has 0 bridgehead atoms. The molecule has 0 unspecified atom stereocenters. The molecule has 0 atom stereocenters. The molecular weight excluding hydrogens is 150 g/mol. The molecule has 1 aromatic rings. The van der Waals surface area contributed by atoms with Crippen molar-refractivity contribution >= 4 is 6.08 Å². The van der Waals surface area contributed by atoms with Crippen LogP contribution in [-0.2, 0) is 0 Å². The summed E-state index contributed by atoms with van der Waals surface area (Å²) < 4.78 is 0. The van der Waals surface area contributed by atoms with Crippen molar-refractivity contribution in [2.75, 3.05) is 13.1 Å². The van der Waals surface area contributed by atoms with Crippen molar-refractivity contribution in [3.8, 4) is 5.75 Å². The van der Waals surface area contributed by atoms with Gasteiger partial charge < -0.3 is 10.4 Å². The molecule has 2 rings (SSSR count). The summed E-state index contributed by atoms with van der Waals surface area (Å²) in [6.45, 7) is 2.00. The van der Waals surface area contributed by atoms with Gasteiger partial charge in [-0.2, -0.15) is 0 Å². The molecule has 1 fully saturated rings. The second-order valence-corrected chi connectivity index (χ2v) is 3.00. The number of rotatable bonds is 1. The van der Waals surface area contributed by atoms with E-state index >= 15 is 0 Å². The van der Waals surface area contributed by atoms with Crippen molar-refractivity contribution in [2.45, 2.75) is 0 Å². The van der Waals surface area contributed by atoms with E-state index in [2.05, 4.69) is 11.4 Å². The quantitative estimate of drug-likeness (QED) is 0.652. The zero-order chi connectivity index (χ0) is 8.39. The zero-order valence-corrected chi connectivity index (χ0v) is 6.75. The van der Waals surface area contributed by atoms with Gasteiger partial charge in [0.1, 0.15) is 5.75 Å². The van der Waals surface area contributed by atoms with E-state index in [0.717, 1.165) is 18.7 Å². The van der Waals surface area contributed by atoms with Crippen LogP contribution in [0.5, 0.6) is 5.75 Å². The van der Waals surface area contributed by atoms with Gasteiger partial charge in [-0.15, -0.1) is 0 Å². The number of nitrogens with one attached hydrogen (secondary N) is 1. The predicted molar refractivity (Wildman–Crippen MR) is 49.0 cm³/mol. The lowest BCUT2D eigenvalue weighted by molar-refractivity contribution is 0.475. The number of aromatic hydroxyl groups is 1. The minimum absolute atomic E-state index is 0.323. The number of hydrogen-bond donors (Lipinski definition) is 2. The molecule has 0 radical (unpaired) electrons. The smallest absolute Gasteiger partial charge is 0.115 e. The first-order valence-corrected chi connectivity index (χ1v) is 4.04. The summed E-state index contributed by atoms with van der Waals surface area (Å²) in [5, 5.41) is 12.2. The Hall–Kier alpha value is -1.28. The Morgan fingerprint density at radius 3 is 2.33 bits per heavy atom. The molecule has 0 aromatic heterocycles. The maximum atomic E-state index is 9.03. The fourth-order valence-electron chi connectivity index (χ4n) is 1.18. The normalized spacial score (nSPS) is 15.5. The Kier molecular flexibility index (Phi) is 1.84. The molecule has 2 nitrogen and oxygen atoms in total. The van der Waals surface area contributed by atoms with Gasteiger partial charge in [-0.1, -0.05) is 18.2 Å². The highest BCUT2D eigenvalue weighted by Crippen LogP contribution is 2.13. The summed E-state index contributed by atoms with van der Waals surface area (Å²) in [7, 11) is 0. The maximum Gasteiger partial charge on any atom is 0.115 e. The van der Waals surface area contributed by atoms with Gasteiger partial charge in [-0.05, 0) is 23.3 Å². The molecule has 0 aliphatic carbocycles. The Morgan fingerprint density at radius 2 is 1.83 bits per heavy atom. The van der Waals surface area contributed by atoms with Crippen molar-refractivity contribution in [2.24, 2.45) is 0 Å². The van der Waals surface area contributed by atoms with Gasteiger partial charge in [0.05, 0.1) is 0 Å². The highest BCUT2D eigenvalue weighted by molar-refractivity contribution is 5.55. The fourth-order valence-corrected chi connectivity index (χ4v) is 1.18. The molecule has 1 aromatic carbocycles. The molecule has 1 saturated heterocycles. The van der Waals surface area contributed by atoms with E-state index in [1.54, 1.807) is 12.1 Å². The van der Waals surface area contributed by atoms with Crippen molar-refractivity contribution in [3.05, 3.63) is 35.4 Å². The standard InChI is InChI=1S/C10H11NO/c12-10-3-1-8(2-4-10)5-9-6-11-7-9/h1-5,11-12H,6-7H2. The van der Waals surface area contributed by atoms with E-state index in [4.69, 9.17) is 5.11 Å². The number of hydrogen-bond acceptors (Lipinski definition) is 2. The molecule has 2 N–H and O–H groups in total. The monoisotopic (exact) mass is 161 g/mol. The van der Waals surface area contributed by atoms with Crippen LogP contribution >= 0.6 is 0 Å². The van der Waals surface area contributed by atoms with Crippen LogP contribution in [0.4, 0.5) is 0 Å². The molecule has 1 heterocycles. The van der Waals surface area contributed by atoms with Crippen LogP contribution in [0.25, 0.3) is 6.08 Å². The van der Waals surface area contributed by atoms with Crippen LogP contribution in [0.2, 0.25) is 0 Å². The molecular formula is C10H11NO. The Labute approximate surface area is 71.5 Å². The van der Waals surface area contributed by atoms with Gasteiger partial charge in [-0.25, -0.2) is 0 Å². The SMILES string of the molecule is Oc1ccc(C=C2CNC2)cc1. The van der Waals surface area contributed by atoms with E-state index < -0.39 is 0 Å². The van der Waals surface area contributed by atoms with Gasteiger partial charge in [0.2, 0.25) is 0 Å². The highest BCUT2D eigenvalue weighted by Gasteiger charge is 2.05. The van der Waals surface area contributed by atoms with E-state index in [9.17, 15) is 0 Å². The summed E-state index contributed by atoms with van der Waals surface area (Å²) >= 11 is 0. The van der Waals surface area contributed by atoms with Crippen LogP contribution in [0, 0.1) is 0 Å². The minimum atomic E-state index is 0.323. The second-order valence-electron chi connectivity index (χ2n) is 3.00. The van der Waals surface area contributed by atoms with Crippen molar-refractivity contribution in [1.29, 1.82) is 0 Å².